The number of carbonyl (C=O) groups is 1. The van der Waals surface area contributed by atoms with Crippen LogP contribution < -0.4 is 5.32 Å². The molecular formula is C31H27ClN4OS. The summed E-state index contributed by atoms with van der Waals surface area (Å²) < 4.78 is 2.02. The highest BCUT2D eigenvalue weighted by molar-refractivity contribution is 8.00. The largest absolute Gasteiger partial charge is 0.325 e. The third-order valence-corrected chi connectivity index (χ3v) is 7.76. The first-order chi connectivity index (χ1) is 18.4. The van der Waals surface area contributed by atoms with Crippen LogP contribution in [0.2, 0.25) is 5.02 Å². The summed E-state index contributed by atoms with van der Waals surface area (Å²) in [4.78, 5) is 13.8. The van der Waals surface area contributed by atoms with Crippen LogP contribution in [0.25, 0.3) is 17.1 Å². The molecule has 5 rings (SSSR count). The predicted octanol–water partition coefficient (Wildman–Crippen LogP) is 7.99. The van der Waals surface area contributed by atoms with Gasteiger partial charge in [-0.1, -0.05) is 84.0 Å². The number of nitrogens with zero attached hydrogens (tertiary/aromatic N) is 3. The molecule has 1 unspecified atom stereocenters. The first-order valence-corrected chi connectivity index (χ1v) is 13.5. The summed E-state index contributed by atoms with van der Waals surface area (Å²) in [6, 6.07) is 31.4. The van der Waals surface area contributed by atoms with E-state index in [0.717, 1.165) is 39.2 Å². The Balaban J connectivity index is 1.59. The van der Waals surface area contributed by atoms with Crippen molar-refractivity contribution in [1.82, 2.24) is 14.8 Å². The minimum Gasteiger partial charge on any atom is -0.325 e. The van der Waals surface area contributed by atoms with E-state index in [9.17, 15) is 4.79 Å². The fraction of sp³-hybridized carbons (Fsp3) is 0.129. The molecule has 190 valence electrons. The van der Waals surface area contributed by atoms with Crippen LogP contribution in [0.3, 0.4) is 0 Å². The lowest BCUT2D eigenvalue weighted by Crippen LogP contribution is -2.20. The number of carbonyl (C=O) groups excluding carboxylic acids is 1. The lowest BCUT2D eigenvalue weighted by molar-refractivity contribution is -0.115. The van der Waals surface area contributed by atoms with Crippen LogP contribution in [0.5, 0.6) is 0 Å². The van der Waals surface area contributed by atoms with Gasteiger partial charge in [0.1, 0.15) is 5.25 Å². The molecule has 1 N–H and O–H groups in total. The number of hydrogen-bond acceptors (Lipinski definition) is 4. The Bertz CT molecular complexity index is 1580. The van der Waals surface area contributed by atoms with Gasteiger partial charge in [0, 0.05) is 16.3 Å². The number of anilines is 1. The van der Waals surface area contributed by atoms with E-state index >= 15 is 0 Å². The van der Waals surface area contributed by atoms with Crippen molar-refractivity contribution < 1.29 is 4.79 Å². The van der Waals surface area contributed by atoms with E-state index in [1.165, 1.54) is 11.8 Å². The van der Waals surface area contributed by atoms with Gasteiger partial charge in [-0.25, -0.2) is 0 Å². The maximum atomic E-state index is 13.8. The van der Waals surface area contributed by atoms with E-state index < -0.39 is 5.25 Å². The van der Waals surface area contributed by atoms with Gasteiger partial charge in [-0.05, 0) is 79.4 Å². The first kappa shape index (κ1) is 25.8. The van der Waals surface area contributed by atoms with Crippen molar-refractivity contribution in [3.63, 3.8) is 0 Å². The highest BCUT2D eigenvalue weighted by Gasteiger charge is 2.27. The predicted molar refractivity (Wildman–Crippen MR) is 156 cm³/mol. The molecule has 1 atom stereocenters. The van der Waals surface area contributed by atoms with Crippen molar-refractivity contribution >= 4 is 35.0 Å². The third-order valence-electron chi connectivity index (χ3n) is 6.31. The standard InChI is InChI=1S/C31H27ClN4OS/c1-20-13-14-21(2)26(19-20)33-30(37)28(23-10-5-4-6-11-23)38-31-35-34-29(24-15-17-25(32)18-16-24)36(31)27-12-8-7-9-22(27)3/h4-19,28H,1-3H3,(H,33,37). The highest BCUT2D eigenvalue weighted by atomic mass is 35.5. The third kappa shape index (κ3) is 5.52. The fourth-order valence-electron chi connectivity index (χ4n) is 4.24. The molecule has 0 bridgehead atoms. The number of halogens is 1. The summed E-state index contributed by atoms with van der Waals surface area (Å²) in [6.07, 6.45) is 0. The van der Waals surface area contributed by atoms with E-state index in [-0.39, 0.29) is 5.91 Å². The van der Waals surface area contributed by atoms with Crippen LogP contribution in [0.15, 0.2) is 102 Å². The van der Waals surface area contributed by atoms with Gasteiger partial charge in [0.2, 0.25) is 5.91 Å². The summed E-state index contributed by atoms with van der Waals surface area (Å²) in [5, 5.41) is 13.0. The number of aryl methyl sites for hydroxylation is 3. The summed E-state index contributed by atoms with van der Waals surface area (Å²) in [7, 11) is 0. The fourth-order valence-corrected chi connectivity index (χ4v) is 5.41. The zero-order valence-corrected chi connectivity index (χ0v) is 22.9. The highest BCUT2D eigenvalue weighted by Crippen LogP contribution is 2.39. The number of aromatic nitrogens is 3. The number of rotatable bonds is 7. The molecule has 7 heteroatoms. The zero-order valence-electron chi connectivity index (χ0n) is 21.4. The Kier molecular flexibility index (Phi) is 7.63. The normalized spacial score (nSPS) is 11.8. The monoisotopic (exact) mass is 538 g/mol. The van der Waals surface area contributed by atoms with Gasteiger partial charge in [-0.15, -0.1) is 10.2 Å². The van der Waals surface area contributed by atoms with Crippen molar-refractivity contribution in [1.29, 1.82) is 0 Å². The van der Waals surface area contributed by atoms with Gasteiger partial charge in [-0.2, -0.15) is 0 Å². The molecule has 38 heavy (non-hydrogen) atoms. The number of para-hydroxylation sites is 1. The molecule has 0 aliphatic rings. The van der Waals surface area contributed by atoms with Crippen LogP contribution in [0.1, 0.15) is 27.5 Å². The zero-order chi connectivity index (χ0) is 26.6. The quantitative estimate of drug-likeness (QED) is 0.213. The Morgan fingerprint density at radius 1 is 0.842 bits per heavy atom. The number of thioether (sulfide) groups is 1. The minimum absolute atomic E-state index is 0.123. The second kappa shape index (κ2) is 11.3. The number of benzene rings is 4. The summed E-state index contributed by atoms with van der Waals surface area (Å²) in [5.41, 5.74) is 6.68. The second-order valence-corrected chi connectivity index (χ2v) is 10.7. The number of nitrogens with one attached hydrogen (secondary N) is 1. The van der Waals surface area contributed by atoms with E-state index in [0.29, 0.717) is 16.0 Å². The molecule has 0 saturated carbocycles. The maximum absolute atomic E-state index is 13.8. The van der Waals surface area contributed by atoms with Crippen molar-refractivity contribution in [2.24, 2.45) is 0 Å². The Labute approximate surface area is 231 Å². The van der Waals surface area contributed by atoms with Gasteiger partial charge in [-0.3, -0.25) is 9.36 Å². The van der Waals surface area contributed by atoms with Crippen molar-refractivity contribution in [3.05, 3.63) is 124 Å². The Hall–Kier alpha value is -3.87. The molecule has 1 aromatic heterocycles. The molecule has 0 saturated heterocycles. The van der Waals surface area contributed by atoms with Crippen molar-refractivity contribution in [3.8, 4) is 17.1 Å². The molecule has 1 heterocycles. The summed E-state index contributed by atoms with van der Waals surface area (Å²) >= 11 is 7.53. The lowest BCUT2D eigenvalue weighted by Gasteiger charge is -2.19. The molecule has 0 aliphatic carbocycles. The van der Waals surface area contributed by atoms with Gasteiger partial charge in [0.05, 0.1) is 5.69 Å². The SMILES string of the molecule is Cc1ccc(C)c(NC(=O)C(Sc2nnc(-c3ccc(Cl)cc3)n2-c2ccccc2C)c2ccccc2)c1. The summed E-state index contributed by atoms with van der Waals surface area (Å²) in [6.45, 7) is 6.06. The van der Waals surface area contributed by atoms with E-state index in [4.69, 9.17) is 11.6 Å². The molecule has 1 amide bonds. The average Bonchev–Trinajstić information content (AvgIpc) is 3.33. The summed E-state index contributed by atoms with van der Waals surface area (Å²) in [5.74, 6) is 0.558. The smallest absolute Gasteiger partial charge is 0.242 e. The molecule has 0 radical (unpaired) electrons. The Morgan fingerprint density at radius 2 is 1.55 bits per heavy atom. The van der Waals surface area contributed by atoms with Gasteiger partial charge >= 0.3 is 0 Å². The van der Waals surface area contributed by atoms with Crippen molar-refractivity contribution in [2.75, 3.05) is 5.32 Å². The molecule has 0 spiro atoms. The Morgan fingerprint density at radius 3 is 2.29 bits per heavy atom. The maximum Gasteiger partial charge on any atom is 0.242 e. The minimum atomic E-state index is -0.554. The van der Waals surface area contributed by atoms with Crippen LogP contribution in [-0.2, 0) is 4.79 Å². The molecule has 4 aromatic carbocycles. The van der Waals surface area contributed by atoms with E-state index in [1.807, 2.05) is 109 Å². The van der Waals surface area contributed by atoms with Gasteiger partial charge in [0.15, 0.2) is 11.0 Å². The van der Waals surface area contributed by atoms with E-state index in [2.05, 4.69) is 28.5 Å². The van der Waals surface area contributed by atoms with Crippen LogP contribution in [0, 0.1) is 20.8 Å². The molecule has 5 aromatic rings. The van der Waals surface area contributed by atoms with Crippen LogP contribution >= 0.6 is 23.4 Å². The average molecular weight is 539 g/mol. The molecule has 0 aliphatic heterocycles. The first-order valence-electron chi connectivity index (χ1n) is 12.3. The molecule has 0 fully saturated rings. The lowest BCUT2D eigenvalue weighted by atomic mass is 10.1. The van der Waals surface area contributed by atoms with Crippen LogP contribution in [-0.4, -0.2) is 20.7 Å². The van der Waals surface area contributed by atoms with Crippen molar-refractivity contribution in [2.45, 2.75) is 31.2 Å². The van der Waals surface area contributed by atoms with Gasteiger partial charge in [0.25, 0.3) is 0 Å². The topological polar surface area (TPSA) is 59.8 Å². The van der Waals surface area contributed by atoms with Gasteiger partial charge < -0.3 is 5.32 Å². The van der Waals surface area contributed by atoms with Crippen LogP contribution in [0.4, 0.5) is 5.69 Å². The second-order valence-electron chi connectivity index (χ2n) is 9.15. The molecular weight excluding hydrogens is 512 g/mol. The number of amides is 1. The number of hydrogen-bond donors (Lipinski definition) is 1. The van der Waals surface area contributed by atoms with E-state index in [1.54, 1.807) is 0 Å². The molecule has 5 nitrogen and oxygen atoms in total.